The first kappa shape index (κ1) is 17.4. The highest BCUT2D eigenvalue weighted by molar-refractivity contribution is 6.32. The van der Waals surface area contributed by atoms with E-state index in [9.17, 15) is 9.59 Å². The van der Waals surface area contributed by atoms with Crippen molar-refractivity contribution < 1.29 is 23.8 Å². The zero-order valence-corrected chi connectivity index (χ0v) is 14.1. The number of carbonyl (C=O) groups is 2. The largest absolute Gasteiger partial charge is 0.489 e. The van der Waals surface area contributed by atoms with E-state index in [1.165, 1.54) is 0 Å². The van der Waals surface area contributed by atoms with Gasteiger partial charge < -0.3 is 24.3 Å². The lowest BCUT2D eigenvalue weighted by atomic mass is 10.1. The number of rotatable bonds is 3. The van der Waals surface area contributed by atoms with Crippen molar-refractivity contribution in [3.63, 3.8) is 0 Å². The summed E-state index contributed by atoms with van der Waals surface area (Å²) in [7, 11) is 0. The van der Waals surface area contributed by atoms with Crippen LogP contribution in [-0.4, -0.2) is 31.2 Å². The maximum atomic E-state index is 11.8. The number of alkyl carbamates (subject to hydrolysis) is 1. The van der Waals surface area contributed by atoms with E-state index < -0.39 is 17.7 Å². The smallest absolute Gasteiger partial charge is 0.408 e. The molecule has 0 fully saturated rings. The van der Waals surface area contributed by atoms with E-state index in [1.807, 2.05) is 0 Å². The molecule has 0 spiro atoms. The van der Waals surface area contributed by atoms with E-state index in [2.05, 4.69) is 5.32 Å². The minimum atomic E-state index is -0.889. The molecule has 1 aliphatic rings. The Morgan fingerprint density at radius 2 is 2.04 bits per heavy atom. The molecule has 0 aliphatic carbocycles. The summed E-state index contributed by atoms with van der Waals surface area (Å²) in [5.41, 5.74) is -0.153. The van der Waals surface area contributed by atoms with E-state index in [4.69, 9.17) is 25.8 Å². The van der Waals surface area contributed by atoms with Crippen molar-refractivity contribution in [2.24, 2.45) is 0 Å². The Kier molecular flexibility index (Phi) is 5.36. The second kappa shape index (κ2) is 7.08. The zero-order valence-electron chi connectivity index (χ0n) is 13.3. The fourth-order valence-corrected chi connectivity index (χ4v) is 2.33. The third kappa shape index (κ3) is 4.76. The Morgan fingerprint density at radius 3 is 2.70 bits per heavy atom. The van der Waals surface area contributed by atoms with E-state index in [1.54, 1.807) is 32.9 Å². The zero-order chi connectivity index (χ0) is 17.0. The van der Waals surface area contributed by atoms with Gasteiger partial charge in [-0.1, -0.05) is 11.6 Å². The van der Waals surface area contributed by atoms with Crippen LogP contribution in [0.25, 0.3) is 0 Å². The van der Waals surface area contributed by atoms with Crippen molar-refractivity contribution in [3.8, 4) is 11.5 Å². The van der Waals surface area contributed by atoms with Gasteiger partial charge >= 0.3 is 6.09 Å². The average molecular weight is 342 g/mol. The normalized spacial score (nSPS) is 15.3. The number of amides is 1. The molecule has 0 aromatic heterocycles. The minimum absolute atomic E-state index is 0.331. The van der Waals surface area contributed by atoms with Crippen LogP contribution in [0.5, 0.6) is 11.5 Å². The van der Waals surface area contributed by atoms with Gasteiger partial charge in [0.25, 0.3) is 0 Å². The molecule has 1 atom stereocenters. The number of aldehydes is 1. The first-order valence-corrected chi connectivity index (χ1v) is 7.72. The number of fused-ring (bicyclic) bond motifs is 1. The third-order valence-electron chi connectivity index (χ3n) is 2.99. The molecule has 6 nitrogen and oxygen atoms in total. The van der Waals surface area contributed by atoms with Crippen LogP contribution in [0.4, 0.5) is 4.79 Å². The summed E-state index contributed by atoms with van der Waals surface area (Å²) in [4.78, 5) is 23.2. The lowest BCUT2D eigenvalue weighted by Crippen LogP contribution is -2.35. The summed E-state index contributed by atoms with van der Waals surface area (Å²) >= 11 is 6.20. The molecule has 1 amide bonds. The van der Waals surface area contributed by atoms with Crippen LogP contribution in [0.1, 0.15) is 38.8 Å². The van der Waals surface area contributed by atoms with Gasteiger partial charge in [-0.25, -0.2) is 4.79 Å². The molecule has 0 radical (unpaired) electrons. The van der Waals surface area contributed by atoms with Crippen molar-refractivity contribution in [1.29, 1.82) is 0 Å². The molecule has 1 aliphatic heterocycles. The Hall–Kier alpha value is -1.95. The van der Waals surface area contributed by atoms with Crippen LogP contribution in [0.3, 0.4) is 0 Å². The van der Waals surface area contributed by atoms with Gasteiger partial charge in [-0.15, -0.1) is 0 Å². The molecule has 126 valence electrons. The number of carbonyl (C=O) groups excluding carboxylic acids is 2. The van der Waals surface area contributed by atoms with E-state index >= 15 is 0 Å². The summed E-state index contributed by atoms with van der Waals surface area (Å²) in [5.74, 6) is 0.915. The summed E-state index contributed by atoms with van der Waals surface area (Å²) in [6, 6.07) is 2.33. The maximum absolute atomic E-state index is 11.8. The predicted octanol–water partition coefficient (Wildman–Crippen LogP) is 3.27. The van der Waals surface area contributed by atoms with Gasteiger partial charge in [0.15, 0.2) is 11.5 Å². The maximum Gasteiger partial charge on any atom is 0.408 e. The molecule has 1 aromatic rings. The third-order valence-corrected chi connectivity index (χ3v) is 3.27. The Labute approximate surface area is 140 Å². The van der Waals surface area contributed by atoms with Gasteiger partial charge in [0.05, 0.1) is 18.2 Å². The first-order valence-electron chi connectivity index (χ1n) is 7.34. The number of hydrogen-bond acceptors (Lipinski definition) is 5. The van der Waals surface area contributed by atoms with Crippen LogP contribution in [0.15, 0.2) is 12.1 Å². The van der Waals surface area contributed by atoms with Crippen molar-refractivity contribution in [2.45, 2.75) is 38.8 Å². The number of hydrogen-bond donors (Lipinski definition) is 1. The number of benzene rings is 1. The van der Waals surface area contributed by atoms with Crippen LogP contribution >= 0.6 is 11.6 Å². The van der Waals surface area contributed by atoms with Gasteiger partial charge in [-0.3, -0.25) is 0 Å². The highest BCUT2D eigenvalue weighted by Gasteiger charge is 2.23. The quantitative estimate of drug-likeness (QED) is 0.854. The topological polar surface area (TPSA) is 73.9 Å². The molecule has 23 heavy (non-hydrogen) atoms. The Morgan fingerprint density at radius 1 is 1.35 bits per heavy atom. The van der Waals surface area contributed by atoms with Gasteiger partial charge in [0.2, 0.25) is 0 Å². The molecule has 0 bridgehead atoms. The van der Waals surface area contributed by atoms with Crippen LogP contribution in [-0.2, 0) is 9.53 Å². The highest BCUT2D eigenvalue weighted by Crippen LogP contribution is 2.39. The highest BCUT2D eigenvalue weighted by atomic mass is 35.5. The second-order valence-electron chi connectivity index (χ2n) is 6.14. The molecule has 1 heterocycles. The number of halogens is 1. The molecule has 0 saturated carbocycles. The van der Waals surface area contributed by atoms with Gasteiger partial charge in [0, 0.05) is 6.42 Å². The summed E-state index contributed by atoms with van der Waals surface area (Å²) in [6.45, 7) is 6.24. The fraction of sp³-hybridized carbons (Fsp3) is 0.500. The standard InChI is InChI=1S/C16H20ClNO5/c1-16(2,3)23-15(20)18-12(9-19)10-7-11(17)14-13(8-10)21-5-4-6-22-14/h7-9,12H,4-6H2,1-3H3,(H,18,20). The average Bonchev–Trinajstić information content (AvgIpc) is 2.68. The number of ether oxygens (including phenoxy) is 3. The second-order valence-corrected chi connectivity index (χ2v) is 6.55. The molecular weight excluding hydrogens is 322 g/mol. The lowest BCUT2D eigenvalue weighted by molar-refractivity contribution is -0.109. The number of nitrogens with one attached hydrogen (secondary N) is 1. The van der Waals surface area contributed by atoms with Crippen LogP contribution in [0, 0.1) is 0 Å². The molecule has 7 heteroatoms. The molecule has 1 N–H and O–H groups in total. The van der Waals surface area contributed by atoms with Gasteiger partial charge in [-0.2, -0.15) is 0 Å². The van der Waals surface area contributed by atoms with E-state index in [-0.39, 0.29) is 0 Å². The van der Waals surface area contributed by atoms with Crippen molar-refractivity contribution in [1.82, 2.24) is 5.32 Å². The molecular formula is C16H20ClNO5. The molecule has 2 rings (SSSR count). The lowest BCUT2D eigenvalue weighted by Gasteiger charge is -2.22. The SMILES string of the molecule is CC(C)(C)OC(=O)NC(C=O)c1cc(Cl)c2c(c1)OCCCO2. The van der Waals surface area contributed by atoms with E-state index in [0.29, 0.717) is 41.6 Å². The molecule has 1 aromatic carbocycles. The summed E-state index contributed by atoms with van der Waals surface area (Å²) < 4.78 is 16.3. The van der Waals surface area contributed by atoms with Crippen LogP contribution < -0.4 is 14.8 Å². The predicted molar refractivity (Wildman–Crippen MR) is 85.2 cm³/mol. The Bertz CT molecular complexity index is 597. The monoisotopic (exact) mass is 341 g/mol. The summed E-state index contributed by atoms with van der Waals surface area (Å²) in [6.07, 6.45) is 0.672. The van der Waals surface area contributed by atoms with Crippen molar-refractivity contribution in [2.75, 3.05) is 13.2 Å². The van der Waals surface area contributed by atoms with E-state index in [0.717, 1.165) is 6.42 Å². The first-order chi connectivity index (χ1) is 10.8. The van der Waals surface area contributed by atoms with Crippen molar-refractivity contribution >= 4 is 24.0 Å². The molecule has 1 unspecified atom stereocenters. The molecule has 0 saturated heterocycles. The van der Waals surface area contributed by atoms with Crippen LogP contribution in [0.2, 0.25) is 5.02 Å². The summed E-state index contributed by atoms with van der Waals surface area (Å²) in [5, 5.41) is 2.84. The minimum Gasteiger partial charge on any atom is -0.489 e. The van der Waals surface area contributed by atoms with Gasteiger partial charge in [0.1, 0.15) is 17.9 Å². The fourth-order valence-electron chi connectivity index (χ4n) is 2.06. The van der Waals surface area contributed by atoms with Crippen molar-refractivity contribution in [3.05, 3.63) is 22.7 Å². The Balaban J connectivity index is 2.21. The van der Waals surface area contributed by atoms with Gasteiger partial charge in [-0.05, 0) is 38.5 Å².